The van der Waals surface area contributed by atoms with Gasteiger partial charge in [-0.1, -0.05) is 17.7 Å². The van der Waals surface area contributed by atoms with E-state index in [0.29, 0.717) is 25.8 Å². The van der Waals surface area contributed by atoms with E-state index >= 15 is 0 Å². The minimum Gasteiger partial charge on any atom is -0.497 e. The Morgan fingerprint density at radius 3 is 2.51 bits per heavy atom. The number of hydrogen-bond acceptors (Lipinski definition) is 7. The molecule has 0 aromatic heterocycles. The minimum absolute atomic E-state index is 0.0923. The summed E-state index contributed by atoms with van der Waals surface area (Å²) in [6, 6.07) is 12.7. The van der Waals surface area contributed by atoms with Crippen LogP contribution >= 0.6 is 0 Å². The average Bonchev–Trinajstić information content (AvgIpc) is 3.56. The van der Waals surface area contributed by atoms with Gasteiger partial charge in [0.05, 0.1) is 23.5 Å². The summed E-state index contributed by atoms with van der Waals surface area (Å²) >= 11 is 0. The van der Waals surface area contributed by atoms with E-state index in [1.54, 1.807) is 36.3 Å². The van der Waals surface area contributed by atoms with Crippen molar-refractivity contribution in [3.63, 3.8) is 0 Å². The molecule has 6 rings (SSSR count). The molecule has 3 saturated heterocycles. The second-order valence-corrected chi connectivity index (χ2v) is 14.1. The van der Waals surface area contributed by atoms with Crippen molar-refractivity contribution < 1.29 is 27.4 Å². The number of sulfonamides is 1. The number of ether oxygens (including phenoxy) is 3. The van der Waals surface area contributed by atoms with Gasteiger partial charge in [0.25, 0.3) is 0 Å². The number of benzene rings is 2. The van der Waals surface area contributed by atoms with E-state index in [9.17, 15) is 13.2 Å². The lowest BCUT2D eigenvalue weighted by Crippen LogP contribution is -2.62. The fourth-order valence-electron chi connectivity index (χ4n) is 7.64. The monoisotopic (exact) mass is 555 g/mol. The first kappa shape index (κ1) is 26.4. The fourth-order valence-corrected chi connectivity index (χ4v) is 8.73. The molecular weight excluding hydrogens is 518 g/mol. The van der Waals surface area contributed by atoms with Crippen molar-refractivity contribution in [2.24, 2.45) is 0 Å². The van der Waals surface area contributed by atoms with Crippen LogP contribution in [0.25, 0.3) is 0 Å². The number of likely N-dealkylation sites (N-methyl/N-ethyl adjacent to an activating group) is 1. The van der Waals surface area contributed by atoms with Crippen molar-refractivity contribution in [2.45, 2.75) is 80.2 Å². The van der Waals surface area contributed by atoms with Crippen LogP contribution in [-0.2, 0) is 24.9 Å². The number of nitrogens with one attached hydrogen (secondary N) is 1. The molecule has 10 heteroatoms. The van der Waals surface area contributed by atoms with Crippen LogP contribution in [0, 0.1) is 6.92 Å². The van der Waals surface area contributed by atoms with E-state index in [1.807, 2.05) is 40.8 Å². The second-order valence-electron chi connectivity index (χ2n) is 12.3. The van der Waals surface area contributed by atoms with Crippen LogP contribution in [0.1, 0.15) is 51.2 Å². The molecule has 0 radical (unpaired) electrons. The topological polar surface area (TPSA) is 97.4 Å². The van der Waals surface area contributed by atoms with E-state index < -0.39 is 38.5 Å². The summed E-state index contributed by atoms with van der Waals surface area (Å²) in [6.45, 7) is 8.07. The number of fused-ring (bicyclic) bond motifs is 3. The number of methoxy groups -OCH3 is 1. The molecule has 2 aromatic carbocycles. The molecule has 2 aromatic rings. The van der Waals surface area contributed by atoms with Crippen LogP contribution in [0.5, 0.6) is 5.75 Å². The predicted octanol–water partition coefficient (Wildman–Crippen LogP) is 3.94. The van der Waals surface area contributed by atoms with Crippen molar-refractivity contribution in [3.05, 3.63) is 53.6 Å². The molecule has 9 nitrogen and oxygen atoms in total. The van der Waals surface area contributed by atoms with Crippen LogP contribution < -0.4 is 14.4 Å². The molecule has 4 aliphatic rings. The van der Waals surface area contributed by atoms with Crippen molar-refractivity contribution in [1.82, 2.24) is 9.62 Å². The number of anilines is 1. The lowest BCUT2D eigenvalue weighted by Gasteiger charge is -2.45. The minimum atomic E-state index is -3.77. The predicted molar refractivity (Wildman–Crippen MR) is 147 cm³/mol. The molecule has 39 heavy (non-hydrogen) atoms. The highest BCUT2D eigenvalue weighted by Crippen LogP contribution is 2.72. The molecule has 4 heterocycles. The molecule has 210 valence electrons. The van der Waals surface area contributed by atoms with Gasteiger partial charge in [0.1, 0.15) is 17.0 Å². The van der Waals surface area contributed by atoms with E-state index in [2.05, 4.69) is 21.8 Å². The van der Waals surface area contributed by atoms with Gasteiger partial charge in [0, 0.05) is 25.8 Å². The Balaban J connectivity index is 1.43. The molecule has 4 aliphatic heterocycles. The third-order valence-electron chi connectivity index (χ3n) is 9.05. The first-order valence-electron chi connectivity index (χ1n) is 13.5. The largest absolute Gasteiger partial charge is 0.497 e. The average molecular weight is 556 g/mol. The van der Waals surface area contributed by atoms with E-state index in [4.69, 9.17) is 14.2 Å². The van der Waals surface area contributed by atoms with Gasteiger partial charge in [-0.05, 0) is 82.9 Å². The highest BCUT2D eigenvalue weighted by Gasteiger charge is 2.83. The molecule has 4 atom stereocenters. The van der Waals surface area contributed by atoms with Gasteiger partial charge in [-0.15, -0.1) is 0 Å². The molecule has 2 bridgehead atoms. The molecule has 1 N–H and O–H groups in total. The Morgan fingerprint density at radius 1 is 1.13 bits per heavy atom. The maximum absolute atomic E-state index is 13.6. The van der Waals surface area contributed by atoms with Crippen molar-refractivity contribution in [1.29, 1.82) is 0 Å². The molecule has 1 amide bonds. The molecule has 0 aliphatic carbocycles. The SMILES string of the molecule is COc1ccc2c(c1)[C@]13CCN(C(=O)OC(C)(C)C)[C@]14CC[C@@](CNS(=O)(=O)c1ccc(C)cc1)(O4)[C@@H]3N2C. The summed E-state index contributed by atoms with van der Waals surface area (Å²) < 4.78 is 48.0. The number of amides is 1. The number of nitrogens with zero attached hydrogens (tertiary/aromatic N) is 2. The van der Waals surface area contributed by atoms with Crippen LogP contribution in [0.15, 0.2) is 47.4 Å². The lowest BCUT2D eigenvalue weighted by molar-refractivity contribution is -0.132. The number of carbonyl (C=O) groups is 1. The standard InChI is InChI=1S/C29H37N3O6S/c1-19-7-10-21(11-8-19)39(34,35)30-18-27-13-14-29(38-27)28(15-16-32(29)25(33)37-26(2,3)4)22-17-20(36-6)9-12-23(22)31(5)24(27)28/h7-12,17,24,30H,13-16,18H2,1-6H3/t24-,27-,28-,29-/m0/s1. The summed E-state index contributed by atoms with van der Waals surface area (Å²) in [4.78, 5) is 17.8. The van der Waals surface area contributed by atoms with Gasteiger partial charge < -0.3 is 19.1 Å². The van der Waals surface area contributed by atoms with E-state index in [1.165, 1.54) is 0 Å². The Kier molecular flexibility index (Phi) is 5.65. The summed E-state index contributed by atoms with van der Waals surface area (Å²) in [6.07, 6.45) is 1.45. The Bertz CT molecular complexity index is 1440. The van der Waals surface area contributed by atoms with Crippen molar-refractivity contribution in [3.8, 4) is 5.75 Å². The maximum atomic E-state index is 13.6. The number of rotatable bonds is 5. The summed E-state index contributed by atoms with van der Waals surface area (Å²) in [5.74, 6) is 0.736. The zero-order valence-electron chi connectivity index (χ0n) is 23.4. The van der Waals surface area contributed by atoms with Crippen molar-refractivity contribution >= 4 is 21.8 Å². The van der Waals surface area contributed by atoms with Crippen LogP contribution in [0.3, 0.4) is 0 Å². The number of aryl methyl sites for hydroxylation is 1. The third kappa shape index (κ3) is 3.57. The van der Waals surface area contributed by atoms with Gasteiger partial charge in [0.2, 0.25) is 10.0 Å². The number of likely N-dealkylation sites (tertiary alicyclic amines) is 1. The first-order chi connectivity index (χ1) is 18.3. The Labute approximate surface area is 230 Å². The summed E-state index contributed by atoms with van der Waals surface area (Å²) in [5.41, 5.74) is 0.0863. The normalized spacial score (nSPS) is 30.8. The van der Waals surface area contributed by atoms with Crippen molar-refractivity contribution in [2.75, 3.05) is 32.1 Å². The van der Waals surface area contributed by atoms with Gasteiger partial charge in [-0.3, -0.25) is 4.90 Å². The van der Waals surface area contributed by atoms with Crippen LogP contribution in [0.2, 0.25) is 0 Å². The smallest absolute Gasteiger partial charge is 0.412 e. The van der Waals surface area contributed by atoms with E-state index in [0.717, 1.165) is 22.6 Å². The quantitative estimate of drug-likeness (QED) is 0.597. The molecule has 0 unspecified atom stereocenters. The van der Waals surface area contributed by atoms with E-state index in [-0.39, 0.29) is 17.5 Å². The zero-order valence-corrected chi connectivity index (χ0v) is 24.2. The van der Waals surface area contributed by atoms with Gasteiger partial charge >= 0.3 is 6.09 Å². The summed E-state index contributed by atoms with van der Waals surface area (Å²) in [7, 11) is -0.0934. The molecule has 3 fully saturated rings. The highest BCUT2D eigenvalue weighted by atomic mass is 32.2. The highest BCUT2D eigenvalue weighted by molar-refractivity contribution is 7.89. The van der Waals surface area contributed by atoms with Gasteiger partial charge in [0.15, 0.2) is 5.72 Å². The third-order valence-corrected chi connectivity index (χ3v) is 10.5. The Hall–Kier alpha value is -2.82. The first-order valence-corrected chi connectivity index (χ1v) is 15.0. The fraction of sp³-hybridized carbons (Fsp3) is 0.552. The molecule has 2 spiro atoms. The number of carbonyl (C=O) groups excluding carboxylic acids is 1. The summed E-state index contributed by atoms with van der Waals surface area (Å²) in [5, 5.41) is 0. The van der Waals surface area contributed by atoms with Crippen LogP contribution in [-0.4, -0.2) is 69.6 Å². The lowest BCUT2D eigenvalue weighted by atomic mass is 9.61. The molecular formula is C29H37N3O6S. The Morgan fingerprint density at radius 2 is 1.85 bits per heavy atom. The second kappa shape index (κ2) is 8.34. The zero-order chi connectivity index (χ0) is 28.0. The van der Waals surface area contributed by atoms with Crippen LogP contribution in [0.4, 0.5) is 10.5 Å². The van der Waals surface area contributed by atoms with Gasteiger partial charge in [-0.2, -0.15) is 0 Å². The van der Waals surface area contributed by atoms with Gasteiger partial charge in [-0.25, -0.2) is 17.9 Å². The number of hydrogen-bond donors (Lipinski definition) is 1. The molecule has 0 saturated carbocycles. The maximum Gasteiger partial charge on any atom is 0.412 e.